The van der Waals surface area contributed by atoms with E-state index in [1.165, 1.54) is 38.8 Å². The van der Waals surface area contributed by atoms with Crippen molar-refractivity contribution in [3.63, 3.8) is 0 Å². The minimum atomic E-state index is 0.801. The molecule has 1 nitrogen and oxygen atoms in total. The Kier molecular flexibility index (Phi) is 6.21. The minimum Gasteiger partial charge on any atom is -0.300 e. The summed E-state index contributed by atoms with van der Waals surface area (Å²) in [5, 5.41) is 1.15. The molecule has 1 aliphatic heterocycles. The summed E-state index contributed by atoms with van der Waals surface area (Å²) in [4.78, 5) is 2.69. The first kappa shape index (κ1) is 13.5. The lowest BCUT2D eigenvalue weighted by atomic mass is 9.91. The largest absolute Gasteiger partial charge is 0.300 e. The van der Waals surface area contributed by atoms with Crippen LogP contribution in [0.3, 0.4) is 0 Å². The van der Waals surface area contributed by atoms with Gasteiger partial charge in [0.15, 0.2) is 0 Å². The standard InChI is InChI=1S/C13H26BrN/c1-11(6-8-14)7-10-15-9-4-5-12(2)13(15)3/h11-13H,4-10H2,1-3H3. The highest BCUT2D eigenvalue weighted by Crippen LogP contribution is 2.23. The summed E-state index contributed by atoms with van der Waals surface area (Å²) in [5.74, 6) is 1.76. The first-order chi connectivity index (χ1) is 7.15. The molecule has 1 aliphatic rings. The second kappa shape index (κ2) is 6.90. The molecule has 3 unspecified atom stereocenters. The van der Waals surface area contributed by atoms with E-state index in [2.05, 4.69) is 41.6 Å². The molecule has 0 aliphatic carbocycles. The maximum absolute atomic E-state index is 3.52. The second-order valence-corrected chi connectivity index (χ2v) is 6.06. The number of likely N-dealkylation sites (tertiary alicyclic amines) is 1. The summed E-state index contributed by atoms with van der Waals surface area (Å²) >= 11 is 3.52. The van der Waals surface area contributed by atoms with Crippen molar-refractivity contribution in [1.82, 2.24) is 4.90 Å². The zero-order chi connectivity index (χ0) is 11.3. The fourth-order valence-electron chi connectivity index (χ4n) is 2.45. The zero-order valence-electron chi connectivity index (χ0n) is 10.5. The van der Waals surface area contributed by atoms with E-state index in [0.29, 0.717) is 0 Å². The molecule has 1 rings (SSSR count). The van der Waals surface area contributed by atoms with Crippen LogP contribution in [0.25, 0.3) is 0 Å². The van der Waals surface area contributed by atoms with E-state index >= 15 is 0 Å². The van der Waals surface area contributed by atoms with E-state index in [1.807, 2.05) is 0 Å². The van der Waals surface area contributed by atoms with Crippen molar-refractivity contribution in [2.75, 3.05) is 18.4 Å². The molecular weight excluding hydrogens is 250 g/mol. The quantitative estimate of drug-likeness (QED) is 0.688. The highest BCUT2D eigenvalue weighted by atomic mass is 79.9. The molecule has 2 heteroatoms. The van der Waals surface area contributed by atoms with Crippen LogP contribution in [0.5, 0.6) is 0 Å². The van der Waals surface area contributed by atoms with Gasteiger partial charge in [-0.25, -0.2) is 0 Å². The Morgan fingerprint density at radius 2 is 2.07 bits per heavy atom. The highest BCUT2D eigenvalue weighted by Gasteiger charge is 2.24. The van der Waals surface area contributed by atoms with E-state index in [4.69, 9.17) is 0 Å². The van der Waals surface area contributed by atoms with Gasteiger partial charge in [-0.2, -0.15) is 0 Å². The Labute approximate surface area is 104 Å². The smallest absolute Gasteiger partial charge is 0.00925 e. The van der Waals surface area contributed by atoms with Crippen LogP contribution in [0.1, 0.15) is 46.5 Å². The van der Waals surface area contributed by atoms with Gasteiger partial charge < -0.3 is 4.90 Å². The lowest BCUT2D eigenvalue weighted by Crippen LogP contribution is -2.43. The number of rotatable bonds is 5. The fraction of sp³-hybridized carbons (Fsp3) is 1.00. The summed E-state index contributed by atoms with van der Waals surface area (Å²) in [6.07, 6.45) is 5.51. The maximum Gasteiger partial charge on any atom is 0.00925 e. The number of piperidine rings is 1. The van der Waals surface area contributed by atoms with Crippen molar-refractivity contribution >= 4 is 15.9 Å². The topological polar surface area (TPSA) is 3.24 Å². The van der Waals surface area contributed by atoms with Crippen LogP contribution in [0.15, 0.2) is 0 Å². The average Bonchev–Trinajstić information content (AvgIpc) is 2.21. The summed E-state index contributed by atoms with van der Waals surface area (Å²) in [7, 11) is 0. The van der Waals surface area contributed by atoms with Crippen molar-refractivity contribution in [2.24, 2.45) is 11.8 Å². The number of hydrogen-bond acceptors (Lipinski definition) is 1. The Bertz CT molecular complexity index is 172. The van der Waals surface area contributed by atoms with E-state index < -0.39 is 0 Å². The van der Waals surface area contributed by atoms with Crippen molar-refractivity contribution in [1.29, 1.82) is 0 Å². The minimum absolute atomic E-state index is 0.801. The number of alkyl halides is 1. The van der Waals surface area contributed by atoms with E-state index in [-0.39, 0.29) is 0 Å². The first-order valence-corrected chi connectivity index (χ1v) is 7.57. The summed E-state index contributed by atoms with van der Waals surface area (Å²) < 4.78 is 0. The molecule has 0 bridgehead atoms. The van der Waals surface area contributed by atoms with Crippen molar-refractivity contribution in [3.05, 3.63) is 0 Å². The molecule has 90 valence electrons. The molecule has 0 spiro atoms. The highest BCUT2D eigenvalue weighted by molar-refractivity contribution is 9.09. The zero-order valence-corrected chi connectivity index (χ0v) is 12.1. The van der Waals surface area contributed by atoms with Crippen LogP contribution in [-0.2, 0) is 0 Å². The van der Waals surface area contributed by atoms with Gasteiger partial charge in [0.2, 0.25) is 0 Å². The second-order valence-electron chi connectivity index (χ2n) is 5.27. The summed E-state index contributed by atoms with van der Waals surface area (Å²) in [6, 6.07) is 0.801. The maximum atomic E-state index is 3.52. The molecule has 0 aromatic rings. The lowest BCUT2D eigenvalue weighted by molar-refractivity contribution is 0.107. The molecule has 3 atom stereocenters. The van der Waals surface area contributed by atoms with Gasteiger partial charge in [-0.3, -0.25) is 0 Å². The summed E-state index contributed by atoms with van der Waals surface area (Å²) in [5.41, 5.74) is 0. The third-order valence-electron chi connectivity index (χ3n) is 4.02. The molecule has 1 saturated heterocycles. The van der Waals surface area contributed by atoms with Gasteiger partial charge in [-0.1, -0.05) is 29.8 Å². The molecule has 0 radical (unpaired) electrons. The van der Waals surface area contributed by atoms with Gasteiger partial charge in [0.05, 0.1) is 0 Å². The van der Waals surface area contributed by atoms with Gasteiger partial charge >= 0.3 is 0 Å². The Morgan fingerprint density at radius 1 is 1.33 bits per heavy atom. The van der Waals surface area contributed by atoms with E-state index in [9.17, 15) is 0 Å². The monoisotopic (exact) mass is 275 g/mol. The van der Waals surface area contributed by atoms with Gasteiger partial charge in [-0.05, 0) is 57.5 Å². The fourth-order valence-corrected chi connectivity index (χ4v) is 3.23. The van der Waals surface area contributed by atoms with Gasteiger partial charge in [0.25, 0.3) is 0 Å². The Balaban J connectivity index is 2.25. The van der Waals surface area contributed by atoms with Crippen molar-refractivity contribution < 1.29 is 0 Å². The van der Waals surface area contributed by atoms with Crippen molar-refractivity contribution in [3.8, 4) is 0 Å². The predicted molar refractivity (Wildman–Crippen MR) is 71.6 cm³/mol. The van der Waals surface area contributed by atoms with E-state index in [1.54, 1.807) is 0 Å². The molecule has 0 N–H and O–H groups in total. The molecule has 0 aromatic heterocycles. The molecule has 0 amide bonds. The third-order valence-corrected chi connectivity index (χ3v) is 4.47. The normalized spacial score (nSPS) is 30.4. The first-order valence-electron chi connectivity index (χ1n) is 6.45. The number of nitrogens with zero attached hydrogens (tertiary/aromatic N) is 1. The lowest BCUT2D eigenvalue weighted by Gasteiger charge is -2.38. The molecule has 15 heavy (non-hydrogen) atoms. The van der Waals surface area contributed by atoms with Gasteiger partial charge in [-0.15, -0.1) is 0 Å². The molecule has 0 saturated carbocycles. The van der Waals surface area contributed by atoms with Crippen LogP contribution >= 0.6 is 15.9 Å². The van der Waals surface area contributed by atoms with Crippen molar-refractivity contribution in [2.45, 2.75) is 52.5 Å². The predicted octanol–water partition coefficient (Wildman–Crippen LogP) is 3.92. The Hall–Kier alpha value is 0.440. The van der Waals surface area contributed by atoms with E-state index in [0.717, 1.165) is 23.2 Å². The Morgan fingerprint density at radius 3 is 2.73 bits per heavy atom. The van der Waals surface area contributed by atoms with Crippen LogP contribution < -0.4 is 0 Å². The molecular formula is C13H26BrN. The summed E-state index contributed by atoms with van der Waals surface area (Å²) in [6.45, 7) is 9.81. The number of hydrogen-bond donors (Lipinski definition) is 0. The SMILES string of the molecule is CC(CCBr)CCN1CCCC(C)C1C. The molecule has 0 aromatic carbocycles. The van der Waals surface area contributed by atoms with Crippen LogP contribution in [-0.4, -0.2) is 29.4 Å². The number of halogens is 1. The average molecular weight is 276 g/mol. The van der Waals surface area contributed by atoms with Crippen LogP contribution in [0.2, 0.25) is 0 Å². The molecule has 1 heterocycles. The van der Waals surface area contributed by atoms with Crippen LogP contribution in [0.4, 0.5) is 0 Å². The van der Waals surface area contributed by atoms with Gasteiger partial charge in [0.1, 0.15) is 0 Å². The van der Waals surface area contributed by atoms with Crippen LogP contribution in [0, 0.1) is 11.8 Å². The third kappa shape index (κ3) is 4.44. The molecule has 1 fully saturated rings. The van der Waals surface area contributed by atoms with Gasteiger partial charge in [0, 0.05) is 11.4 Å².